The summed E-state index contributed by atoms with van der Waals surface area (Å²) in [7, 11) is 0. The molecule has 15 heavy (non-hydrogen) atoms. The summed E-state index contributed by atoms with van der Waals surface area (Å²) >= 11 is 0. The molecule has 2 aliphatic rings. The smallest absolute Gasteiger partial charge is 0.303 e. The first-order valence-electron chi connectivity index (χ1n) is 5.65. The fourth-order valence-corrected chi connectivity index (χ4v) is 3.60. The molecule has 0 aromatic carbocycles. The third-order valence-electron chi connectivity index (χ3n) is 5.06. The quantitative estimate of drug-likeness (QED) is 0.777. The zero-order chi connectivity index (χ0) is 11.3. The lowest BCUT2D eigenvalue weighted by atomic mass is 9.66. The molecule has 0 aliphatic heterocycles. The number of Topliss-reactive ketones (excluding diaryl/α,β-unsaturated/α-hetero) is 1. The summed E-state index contributed by atoms with van der Waals surface area (Å²) in [6.07, 6.45) is 3.56. The van der Waals surface area contributed by atoms with E-state index in [4.69, 9.17) is 5.11 Å². The lowest BCUT2D eigenvalue weighted by molar-refractivity contribution is -0.139. The molecule has 0 aromatic rings. The summed E-state index contributed by atoms with van der Waals surface area (Å²) in [5.41, 5.74) is -0.310. The van der Waals surface area contributed by atoms with Gasteiger partial charge >= 0.3 is 5.97 Å². The second kappa shape index (κ2) is 3.06. The summed E-state index contributed by atoms with van der Waals surface area (Å²) in [5, 5.41) is 8.75. The Morgan fingerprint density at radius 2 is 2.20 bits per heavy atom. The van der Waals surface area contributed by atoms with Gasteiger partial charge in [-0.2, -0.15) is 0 Å². The van der Waals surface area contributed by atoms with Crippen molar-refractivity contribution in [2.24, 2.45) is 16.7 Å². The van der Waals surface area contributed by atoms with Crippen LogP contribution in [0.4, 0.5) is 0 Å². The molecule has 0 radical (unpaired) electrons. The summed E-state index contributed by atoms with van der Waals surface area (Å²) in [6.45, 7) is 4.14. The molecular formula is C12H18O3. The van der Waals surface area contributed by atoms with E-state index in [-0.39, 0.29) is 17.3 Å². The highest BCUT2D eigenvalue weighted by molar-refractivity contribution is 5.89. The lowest BCUT2D eigenvalue weighted by Gasteiger charge is -2.36. The highest BCUT2D eigenvalue weighted by Gasteiger charge is 2.63. The number of hydrogen-bond acceptors (Lipinski definition) is 2. The normalized spacial score (nSPS) is 43.6. The number of fused-ring (bicyclic) bond motifs is 2. The molecule has 2 bridgehead atoms. The number of hydrogen-bond donors (Lipinski definition) is 1. The molecule has 0 heterocycles. The first-order valence-corrected chi connectivity index (χ1v) is 5.65. The molecule has 3 heteroatoms. The fraction of sp³-hybridized carbons (Fsp3) is 0.833. The highest BCUT2D eigenvalue weighted by atomic mass is 16.4. The van der Waals surface area contributed by atoms with Crippen LogP contribution in [0.15, 0.2) is 0 Å². The molecule has 2 saturated carbocycles. The van der Waals surface area contributed by atoms with Crippen molar-refractivity contribution in [2.75, 3.05) is 0 Å². The largest absolute Gasteiger partial charge is 0.481 e. The van der Waals surface area contributed by atoms with E-state index < -0.39 is 5.97 Å². The Labute approximate surface area is 89.9 Å². The number of ketones is 1. The van der Waals surface area contributed by atoms with Crippen molar-refractivity contribution < 1.29 is 14.7 Å². The van der Waals surface area contributed by atoms with Gasteiger partial charge in [0.15, 0.2) is 0 Å². The molecule has 84 valence electrons. The van der Waals surface area contributed by atoms with Crippen LogP contribution < -0.4 is 0 Å². The Hall–Kier alpha value is -0.860. The molecule has 0 unspecified atom stereocenters. The van der Waals surface area contributed by atoms with E-state index in [0.29, 0.717) is 24.5 Å². The molecule has 2 fully saturated rings. The molecular weight excluding hydrogens is 192 g/mol. The van der Waals surface area contributed by atoms with E-state index in [2.05, 4.69) is 6.92 Å². The van der Waals surface area contributed by atoms with Gasteiger partial charge in [0.25, 0.3) is 0 Å². The fourth-order valence-electron chi connectivity index (χ4n) is 3.60. The standard InChI is InChI=1S/C12H18O3/c1-11(6-4-10(14)15)8-3-5-12(11,2)9(13)7-8/h8H,3-7H2,1-2H3,(H,14,15)/t8-,11+,12+/m1/s1. The van der Waals surface area contributed by atoms with Crippen LogP contribution in [-0.2, 0) is 9.59 Å². The maximum absolute atomic E-state index is 11.9. The van der Waals surface area contributed by atoms with Gasteiger partial charge < -0.3 is 5.11 Å². The van der Waals surface area contributed by atoms with Crippen molar-refractivity contribution >= 4 is 11.8 Å². The van der Waals surface area contributed by atoms with Gasteiger partial charge in [0.1, 0.15) is 5.78 Å². The van der Waals surface area contributed by atoms with Gasteiger partial charge in [-0.05, 0) is 30.6 Å². The molecule has 0 spiro atoms. The summed E-state index contributed by atoms with van der Waals surface area (Å²) in [6, 6.07) is 0. The zero-order valence-corrected chi connectivity index (χ0v) is 9.38. The molecule has 2 aliphatic carbocycles. The van der Waals surface area contributed by atoms with Gasteiger partial charge in [0.2, 0.25) is 0 Å². The SMILES string of the molecule is C[C@]12CC[C@H](CC1=O)[C@]2(C)CCC(=O)O. The van der Waals surface area contributed by atoms with E-state index in [1.165, 1.54) is 0 Å². The van der Waals surface area contributed by atoms with Crippen molar-refractivity contribution in [1.29, 1.82) is 0 Å². The van der Waals surface area contributed by atoms with Crippen LogP contribution in [0.5, 0.6) is 0 Å². The van der Waals surface area contributed by atoms with Gasteiger partial charge in [0.05, 0.1) is 0 Å². The van der Waals surface area contributed by atoms with Crippen LogP contribution in [0.3, 0.4) is 0 Å². The predicted octanol–water partition coefficient (Wildman–Crippen LogP) is 2.25. The van der Waals surface area contributed by atoms with E-state index in [1.807, 2.05) is 6.92 Å². The van der Waals surface area contributed by atoms with Crippen LogP contribution >= 0.6 is 0 Å². The number of carboxylic acids is 1. The van der Waals surface area contributed by atoms with Crippen LogP contribution in [0.2, 0.25) is 0 Å². The average molecular weight is 210 g/mol. The van der Waals surface area contributed by atoms with Crippen LogP contribution in [0.1, 0.15) is 46.0 Å². The van der Waals surface area contributed by atoms with Crippen molar-refractivity contribution in [3.8, 4) is 0 Å². The van der Waals surface area contributed by atoms with Crippen molar-refractivity contribution in [2.45, 2.75) is 46.0 Å². The van der Waals surface area contributed by atoms with Gasteiger partial charge in [-0.1, -0.05) is 13.8 Å². The van der Waals surface area contributed by atoms with Gasteiger partial charge in [0, 0.05) is 18.3 Å². The molecule has 1 N–H and O–H groups in total. The second-order valence-electron chi connectivity index (χ2n) is 5.51. The molecule has 0 amide bonds. The molecule has 0 aromatic heterocycles. The molecule has 2 rings (SSSR count). The van der Waals surface area contributed by atoms with Gasteiger partial charge in [-0.15, -0.1) is 0 Å². The number of aliphatic carboxylic acids is 1. The van der Waals surface area contributed by atoms with Gasteiger partial charge in [-0.25, -0.2) is 0 Å². The molecule has 0 saturated heterocycles. The maximum atomic E-state index is 11.9. The van der Waals surface area contributed by atoms with E-state index in [9.17, 15) is 9.59 Å². The number of rotatable bonds is 3. The van der Waals surface area contributed by atoms with Crippen molar-refractivity contribution in [3.05, 3.63) is 0 Å². The lowest BCUT2D eigenvalue weighted by Crippen LogP contribution is -2.35. The minimum absolute atomic E-state index is 0.0670. The first kappa shape index (κ1) is 10.7. The second-order valence-corrected chi connectivity index (χ2v) is 5.51. The van der Waals surface area contributed by atoms with Gasteiger partial charge in [-0.3, -0.25) is 9.59 Å². The van der Waals surface area contributed by atoms with E-state index in [0.717, 1.165) is 12.8 Å². The third kappa shape index (κ3) is 1.25. The Morgan fingerprint density at radius 1 is 1.53 bits per heavy atom. The Bertz CT molecular complexity index is 323. The van der Waals surface area contributed by atoms with E-state index in [1.54, 1.807) is 0 Å². The summed E-state index contributed by atoms with van der Waals surface area (Å²) < 4.78 is 0. The number of carbonyl (C=O) groups is 2. The maximum Gasteiger partial charge on any atom is 0.303 e. The minimum Gasteiger partial charge on any atom is -0.481 e. The highest BCUT2D eigenvalue weighted by Crippen LogP contribution is 2.65. The van der Waals surface area contributed by atoms with E-state index >= 15 is 0 Å². The Morgan fingerprint density at radius 3 is 2.60 bits per heavy atom. The number of carboxylic acid groups (broad SMARTS) is 1. The van der Waals surface area contributed by atoms with Crippen LogP contribution in [0.25, 0.3) is 0 Å². The van der Waals surface area contributed by atoms with Crippen molar-refractivity contribution in [1.82, 2.24) is 0 Å². The third-order valence-corrected chi connectivity index (χ3v) is 5.06. The van der Waals surface area contributed by atoms with Crippen LogP contribution in [0, 0.1) is 16.7 Å². The van der Waals surface area contributed by atoms with Crippen LogP contribution in [-0.4, -0.2) is 16.9 Å². The Kier molecular flexibility index (Phi) is 2.18. The average Bonchev–Trinajstić information content (AvgIpc) is 2.50. The molecule has 3 nitrogen and oxygen atoms in total. The molecule has 3 atom stereocenters. The zero-order valence-electron chi connectivity index (χ0n) is 9.38. The monoisotopic (exact) mass is 210 g/mol. The summed E-state index contributed by atoms with van der Waals surface area (Å²) in [4.78, 5) is 22.5. The van der Waals surface area contributed by atoms with Crippen molar-refractivity contribution in [3.63, 3.8) is 0 Å². The summed E-state index contributed by atoms with van der Waals surface area (Å²) in [5.74, 6) is 0.0274. The Balaban J connectivity index is 2.21. The minimum atomic E-state index is -0.751. The predicted molar refractivity (Wildman–Crippen MR) is 55.4 cm³/mol. The topological polar surface area (TPSA) is 54.4 Å². The first-order chi connectivity index (χ1) is 6.90. The number of carbonyl (C=O) groups excluding carboxylic acids is 1.